The maximum atomic E-state index is 12.3. The van der Waals surface area contributed by atoms with E-state index < -0.39 is 11.1 Å². The molecule has 0 aliphatic rings. The van der Waals surface area contributed by atoms with Crippen molar-refractivity contribution in [1.29, 1.82) is 0 Å². The standard InChI is InChI=1S/C10H8F3N3S/c11-10(12,13)8-6-16-9(17-8)15-5-7-3-1-2-4-14-7/h1-4,6H,5H2,(H,15,16). The first-order valence-electron chi connectivity index (χ1n) is 4.72. The Hall–Kier alpha value is -1.63. The lowest BCUT2D eigenvalue weighted by molar-refractivity contribution is -0.134. The second kappa shape index (κ2) is 4.70. The van der Waals surface area contributed by atoms with Gasteiger partial charge in [-0.3, -0.25) is 4.98 Å². The molecule has 0 aliphatic carbocycles. The minimum absolute atomic E-state index is 0.239. The number of pyridine rings is 1. The number of aromatic nitrogens is 2. The van der Waals surface area contributed by atoms with Crippen molar-refractivity contribution in [2.45, 2.75) is 12.7 Å². The number of hydrogen-bond acceptors (Lipinski definition) is 4. The van der Waals surface area contributed by atoms with Gasteiger partial charge in [0.1, 0.15) is 4.88 Å². The summed E-state index contributed by atoms with van der Waals surface area (Å²) in [5.74, 6) is 0. The summed E-state index contributed by atoms with van der Waals surface area (Å²) in [6.07, 6.45) is -1.88. The Morgan fingerprint density at radius 1 is 1.24 bits per heavy atom. The molecule has 0 fully saturated rings. The van der Waals surface area contributed by atoms with Crippen LogP contribution >= 0.6 is 11.3 Å². The van der Waals surface area contributed by atoms with Gasteiger partial charge in [-0.25, -0.2) is 4.98 Å². The number of nitrogens with zero attached hydrogens (tertiary/aromatic N) is 2. The predicted molar refractivity (Wildman–Crippen MR) is 58.7 cm³/mol. The number of anilines is 1. The third kappa shape index (κ3) is 3.16. The first-order valence-corrected chi connectivity index (χ1v) is 5.54. The summed E-state index contributed by atoms with van der Waals surface area (Å²) in [6, 6.07) is 5.37. The van der Waals surface area contributed by atoms with Gasteiger partial charge < -0.3 is 5.32 Å². The van der Waals surface area contributed by atoms with Crippen molar-refractivity contribution in [3.8, 4) is 0 Å². The van der Waals surface area contributed by atoms with Crippen molar-refractivity contribution in [3.63, 3.8) is 0 Å². The second-order valence-corrected chi connectivity index (χ2v) is 4.23. The van der Waals surface area contributed by atoms with Crippen molar-refractivity contribution >= 4 is 16.5 Å². The highest BCUT2D eigenvalue weighted by molar-refractivity contribution is 7.15. The summed E-state index contributed by atoms with van der Waals surface area (Å²) in [5.41, 5.74) is 0.747. The molecule has 2 rings (SSSR count). The maximum Gasteiger partial charge on any atom is 0.427 e. The molecule has 2 aromatic heterocycles. The average Bonchev–Trinajstić information content (AvgIpc) is 2.76. The summed E-state index contributed by atoms with van der Waals surface area (Å²) in [7, 11) is 0. The van der Waals surface area contributed by atoms with E-state index in [1.165, 1.54) is 0 Å². The average molecular weight is 259 g/mol. The van der Waals surface area contributed by atoms with Crippen LogP contribution in [0.3, 0.4) is 0 Å². The fourth-order valence-electron chi connectivity index (χ4n) is 1.16. The molecule has 0 atom stereocenters. The Morgan fingerprint density at radius 3 is 2.65 bits per heavy atom. The number of rotatable bonds is 3. The first kappa shape index (κ1) is 11.8. The number of nitrogens with one attached hydrogen (secondary N) is 1. The SMILES string of the molecule is FC(F)(F)c1cnc(NCc2ccccn2)s1. The van der Waals surface area contributed by atoms with Gasteiger partial charge in [0.05, 0.1) is 18.4 Å². The molecule has 0 unspecified atom stereocenters. The van der Waals surface area contributed by atoms with Crippen LogP contribution < -0.4 is 5.32 Å². The highest BCUT2D eigenvalue weighted by Crippen LogP contribution is 2.34. The van der Waals surface area contributed by atoms with E-state index in [1.807, 2.05) is 6.07 Å². The normalized spacial score (nSPS) is 11.5. The molecule has 0 aromatic carbocycles. The molecule has 2 heterocycles. The number of alkyl halides is 3. The molecule has 90 valence electrons. The van der Waals surface area contributed by atoms with Gasteiger partial charge in [0.25, 0.3) is 0 Å². The molecular weight excluding hydrogens is 251 g/mol. The van der Waals surface area contributed by atoms with Crippen molar-refractivity contribution in [3.05, 3.63) is 41.2 Å². The molecule has 0 spiro atoms. The third-order valence-electron chi connectivity index (χ3n) is 1.93. The van der Waals surface area contributed by atoms with Crippen LogP contribution in [0, 0.1) is 0 Å². The van der Waals surface area contributed by atoms with Crippen LogP contribution in [0.2, 0.25) is 0 Å². The molecule has 0 aliphatic heterocycles. The van der Waals surface area contributed by atoms with Gasteiger partial charge in [-0.15, -0.1) is 0 Å². The lowest BCUT2D eigenvalue weighted by Crippen LogP contribution is -2.01. The summed E-state index contributed by atoms with van der Waals surface area (Å²) >= 11 is 0.584. The quantitative estimate of drug-likeness (QED) is 0.920. The smallest absolute Gasteiger partial charge is 0.356 e. The third-order valence-corrected chi connectivity index (χ3v) is 2.93. The molecule has 7 heteroatoms. The number of hydrogen-bond donors (Lipinski definition) is 1. The zero-order valence-corrected chi connectivity index (χ0v) is 9.35. The van der Waals surface area contributed by atoms with E-state index in [2.05, 4.69) is 15.3 Å². The second-order valence-electron chi connectivity index (χ2n) is 3.20. The Balaban J connectivity index is 1.99. The van der Waals surface area contributed by atoms with Crippen LogP contribution in [0.25, 0.3) is 0 Å². The van der Waals surface area contributed by atoms with Gasteiger partial charge in [0.2, 0.25) is 0 Å². The van der Waals surface area contributed by atoms with Gasteiger partial charge >= 0.3 is 6.18 Å². The van der Waals surface area contributed by atoms with Crippen LogP contribution in [-0.4, -0.2) is 9.97 Å². The Kier molecular flexibility index (Phi) is 3.28. The molecule has 0 saturated carbocycles. The zero-order chi connectivity index (χ0) is 12.3. The van der Waals surface area contributed by atoms with E-state index in [4.69, 9.17) is 0 Å². The maximum absolute atomic E-state index is 12.3. The fourth-order valence-corrected chi connectivity index (χ4v) is 1.83. The Bertz CT molecular complexity index is 481. The van der Waals surface area contributed by atoms with Gasteiger partial charge in [-0.05, 0) is 12.1 Å². The molecule has 0 saturated heterocycles. The van der Waals surface area contributed by atoms with Crippen molar-refractivity contribution in [2.24, 2.45) is 0 Å². The molecule has 0 radical (unpaired) electrons. The minimum Gasteiger partial charge on any atom is -0.356 e. The highest BCUT2D eigenvalue weighted by atomic mass is 32.1. The van der Waals surface area contributed by atoms with Crippen molar-refractivity contribution in [1.82, 2.24) is 9.97 Å². The minimum atomic E-state index is -4.33. The highest BCUT2D eigenvalue weighted by Gasteiger charge is 2.33. The molecule has 17 heavy (non-hydrogen) atoms. The lowest BCUT2D eigenvalue weighted by Gasteiger charge is -2.02. The topological polar surface area (TPSA) is 37.8 Å². The molecule has 1 N–H and O–H groups in total. The van der Waals surface area contributed by atoms with Crippen molar-refractivity contribution in [2.75, 3.05) is 5.32 Å². The van der Waals surface area contributed by atoms with Gasteiger partial charge in [0, 0.05) is 6.20 Å². The van der Waals surface area contributed by atoms with Gasteiger partial charge in [0.15, 0.2) is 5.13 Å². The van der Waals surface area contributed by atoms with Gasteiger partial charge in [-0.1, -0.05) is 17.4 Å². The molecule has 0 bridgehead atoms. The van der Waals surface area contributed by atoms with Crippen molar-refractivity contribution < 1.29 is 13.2 Å². The summed E-state index contributed by atoms with van der Waals surface area (Å²) in [4.78, 5) is 6.99. The Labute approximate surface area is 99.3 Å². The number of thiazole rings is 1. The number of halogens is 3. The largest absolute Gasteiger partial charge is 0.427 e. The summed E-state index contributed by atoms with van der Waals surface area (Å²) in [6.45, 7) is 0.353. The van der Waals surface area contributed by atoms with E-state index in [-0.39, 0.29) is 5.13 Å². The van der Waals surface area contributed by atoms with Crippen LogP contribution in [0.1, 0.15) is 10.6 Å². The van der Waals surface area contributed by atoms with E-state index in [0.717, 1.165) is 11.9 Å². The van der Waals surface area contributed by atoms with E-state index in [0.29, 0.717) is 17.9 Å². The molecule has 3 nitrogen and oxygen atoms in total. The van der Waals surface area contributed by atoms with E-state index in [1.54, 1.807) is 18.3 Å². The first-order chi connectivity index (χ1) is 8.05. The monoisotopic (exact) mass is 259 g/mol. The summed E-state index contributed by atoms with van der Waals surface area (Å²) < 4.78 is 36.9. The van der Waals surface area contributed by atoms with Gasteiger partial charge in [-0.2, -0.15) is 13.2 Å². The molecular formula is C10H8F3N3S. The molecule has 0 amide bonds. The Morgan fingerprint density at radius 2 is 2.06 bits per heavy atom. The van der Waals surface area contributed by atoms with Crippen LogP contribution in [-0.2, 0) is 12.7 Å². The van der Waals surface area contributed by atoms with E-state index in [9.17, 15) is 13.2 Å². The van der Waals surface area contributed by atoms with Crippen LogP contribution in [0.15, 0.2) is 30.6 Å². The fraction of sp³-hybridized carbons (Fsp3) is 0.200. The lowest BCUT2D eigenvalue weighted by atomic mass is 10.3. The summed E-state index contributed by atoms with van der Waals surface area (Å²) in [5, 5.41) is 3.04. The van der Waals surface area contributed by atoms with Crippen LogP contribution in [0.4, 0.5) is 18.3 Å². The zero-order valence-electron chi connectivity index (χ0n) is 8.53. The van der Waals surface area contributed by atoms with E-state index >= 15 is 0 Å². The molecule has 2 aromatic rings. The van der Waals surface area contributed by atoms with Crippen LogP contribution in [0.5, 0.6) is 0 Å². The predicted octanol–water partition coefficient (Wildman–Crippen LogP) is 3.17.